The van der Waals surface area contributed by atoms with Crippen LogP contribution < -0.4 is 5.32 Å². The number of carbonyl (C=O) groups excluding carboxylic acids is 1. The second-order valence-corrected chi connectivity index (χ2v) is 6.67. The maximum Gasteiger partial charge on any atom is 0.318 e. The highest BCUT2D eigenvalue weighted by Crippen LogP contribution is 2.45. The number of carboxylic acid groups (broad SMARTS) is 1. The van der Waals surface area contributed by atoms with Gasteiger partial charge in [-0.05, 0) is 57.8 Å². The zero-order valence-corrected chi connectivity index (χ0v) is 11.9. The molecular weight excluding hydrogens is 256 g/mol. The van der Waals surface area contributed by atoms with E-state index in [9.17, 15) is 9.59 Å². The van der Waals surface area contributed by atoms with Crippen LogP contribution in [0.25, 0.3) is 0 Å². The Labute approximate surface area is 119 Å². The van der Waals surface area contributed by atoms with Gasteiger partial charge in [-0.3, -0.25) is 4.79 Å². The first-order valence-electron chi connectivity index (χ1n) is 7.92. The van der Waals surface area contributed by atoms with Gasteiger partial charge >= 0.3 is 12.0 Å². The molecule has 2 aliphatic carbocycles. The Morgan fingerprint density at radius 1 is 1.05 bits per heavy atom. The van der Waals surface area contributed by atoms with Crippen molar-refractivity contribution in [2.75, 3.05) is 6.54 Å². The molecule has 112 valence electrons. The van der Waals surface area contributed by atoms with E-state index in [1.165, 1.54) is 6.42 Å². The fourth-order valence-corrected chi connectivity index (χ4v) is 4.10. The lowest BCUT2D eigenvalue weighted by molar-refractivity contribution is -0.142. The zero-order chi connectivity index (χ0) is 14.2. The molecule has 0 bridgehead atoms. The molecule has 2 saturated carbocycles. The first kappa shape index (κ1) is 13.7. The summed E-state index contributed by atoms with van der Waals surface area (Å²) in [6.07, 6.45) is 8.81. The van der Waals surface area contributed by atoms with E-state index in [0.29, 0.717) is 12.8 Å². The smallest absolute Gasteiger partial charge is 0.318 e. The van der Waals surface area contributed by atoms with Crippen LogP contribution in [0.1, 0.15) is 57.8 Å². The molecule has 2 amide bonds. The SMILES string of the molecule is O=C(O)C1CCC(NC(=O)N2CCCC23CCC3)CC1. The van der Waals surface area contributed by atoms with Crippen LogP contribution in [0.2, 0.25) is 0 Å². The van der Waals surface area contributed by atoms with Crippen LogP contribution in [0.3, 0.4) is 0 Å². The fourth-order valence-electron chi connectivity index (χ4n) is 4.10. The minimum absolute atomic E-state index is 0.0842. The Kier molecular flexibility index (Phi) is 3.61. The summed E-state index contributed by atoms with van der Waals surface area (Å²) in [6, 6.07) is 0.247. The van der Waals surface area contributed by atoms with E-state index in [-0.39, 0.29) is 23.5 Å². The van der Waals surface area contributed by atoms with Crippen LogP contribution in [0, 0.1) is 5.92 Å². The molecule has 3 rings (SSSR count). The summed E-state index contributed by atoms with van der Waals surface area (Å²) < 4.78 is 0. The molecule has 0 aromatic carbocycles. The molecule has 0 unspecified atom stereocenters. The third-order valence-electron chi connectivity index (χ3n) is 5.53. The average molecular weight is 280 g/mol. The van der Waals surface area contributed by atoms with Crippen LogP contribution >= 0.6 is 0 Å². The first-order chi connectivity index (χ1) is 9.61. The largest absolute Gasteiger partial charge is 0.481 e. The van der Waals surface area contributed by atoms with Crippen molar-refractivity contribution in [3.05, 3.63) is 0 Å². The number of nitrogens with zero attached hydrogens (tertiary/aromatic N) is 1. The molecule has 1 saturated heterocycles. The Hall–Kier alpha value is -1.26. The van der Waals surface area contributed by atoms with E-state index in [0.717, 1.165) is 45.1 Å². The van der Waals surface area contributed by atoms with Gasteiger partial charge < -0.3 is 15.3 Å². The van der Waals surface area contributed by atoms with E-state index in [4.69, 9.17) is 5.11 Å². The summed E-state index contributed by atoms with van der Waals surface area (Å²) in [7, 11) is 0. The van der Waals surface area contributed by atoms with Gasteiger partial charge in [0.15, 0.2) is 0 Å². The summed E-state index contributed by atoms with van der Waals surface area (Å²) in [5, 5.41) is 12.1. The minimum Gasteiger partial charge on any atom is -0.481 e. The quantitative estimate of drug-likeness (QED) is 0.815. The fraction of sp³-hybridized carbons (Fsp3) is 0.867. The summed E-state index contributed by atoms with van der Waals surface area (Å²) in [5.41, 5.74) is 0.169. The third kappa shape index (κ3) is 2.38. The van der Waals surface area contributed by atoms with E-state index in [1.54, 1.807) is 0 Å². The summed E-state index contributed by atoms with van der Waals surface area (Å²) in [6.45, 7) is 0.885. The number of urea groups is 1. The Morgan fingerprint density at radius 3 is 2.25 bits per heavy atom. The highest BCUT2D eigenvalue weighted by Gasteiger charge is 2.48. The number of hydrogen-bond donors (Lipinski definition) is 2. The Morgan fingerprint density at radius 2 is 1.70 bits per heavy atom. The summed E-state index contributed by atoms with van der Waals surface area (Å²) >= 11 is 0. The second kappa shape index (κ2) is 5.26. The van der Waals surface area contributed by atoms with Gasteiger partial charge in [0.1, 0.15) is 0 Å². The minimum atomic E-state index is -0.692. The van der Waals surface area contributed by atoms with Crippen molar-refractivity contribution in [1.82, 2.24) is 10.2 Å². The van der Waals surface area contributed by atoms with Crippen molar-refractivity contribution in [3.63, 3.8) is 0 Å². The van der Waals surface area contributed by atoms with E-state index < -0.39 is 5.97 Å². The van der Waals surface area contributed by atoms with Crippen LogP contribution in [0.5, 0.6) is 0 Å². The van der Waals surface area contributed by atoms with Crippen molar-refractivity contribution in [1.29, 1.82) is 0 Å². The molecule has 1 spiro atoms. The van der Waals surface area contributed by atoms with Crippen LogP contribution in [0.4, 0.5) is 4.79 Å². The maximum absolute atomic E-state index is 12.4. The molecular formula is C15H24N2O3. The molecule has 5 heteroatoms. The van der Waals surface area contributed by atoms with Crippen molar-refractivity contribution in [3.8, 4) is 0 Å². The van der Waals surface area contributed by atoms with Crippen molar-refractivity contribution < 1.29 is 14.7 Å². The van der Waals surface area contributed by atoms with Gasteiger partial charge in [0.05, 0.1) is 5.92 Å². The predicted molar refractivity (Wildman–Crippen MR) is 74.4 cm³/mol. The molecule has 1 aliphatic heterocycles. The van der Waals surface area contributed by atoms with Crippen molar-refractivity contribution >= 4 is 12.0 Å². The van der Waals surface area contributed by atoms with Gasteiger partial charge in [0.2, 0.25) is 0 Å². The van der Waals surface area contributed by atoms with Gasteiger partial charge in [-0.2, -0.15) is 0 Å². The number of amides is 2. The molecule has 1 heterocycles. The molecule has 3 fully saturated rings. The number of nitrogens with one attached hydrogen (secondary N) is 1. The Balaban J connectivity index is 1.51. The van der Waals surface area contributed by atoms with Gasteiger partial charge in [0.25, 0.3) is 0 Å². The first-order valence-corrected chi connectivity index (χ1v) is 7.92. The average Bonchev–Trinajstić information content (AvgIpc) is 2.84. The van der Waals surface area contributed by atoms with E-state index in [2.05, 4.69) is 10.2 Å². The number of carboxylic acids is 1. The highest BCUT2D eigenvalue weighted by molar-refractivity contribution is 5.76. The normalized spacial score (nSPS) is 31.9. The molecule has 3 aliphatic rings. The van der Waals surface area contributed by atoms with E-state index >= 15 is 0 Å². The standard InChI is InChI=1S/C15H24N2O3/c18-13(19)11-3-5-12(6-4-11)16-14(20)17-10-2-9-15(17)7-1-8-15/h11-12H,1-10H2,(H,16,20)(H,18,19). The highest BCUT2D eigenvalue weighted by atomic mass is 16.4. The van der Waals surface area contributed by atoms with Crippen LogP contribution in [-0.2, 0) is 4.79 Å². The molecule has 0 radical (unpaired) electrons. The number of likely N-dealkylation sites (tertiary alicyclic amines) is 1. The van der Waals surface area contributed by atoms with Crippen LogP contribution in [0.15, 0.2) is 0 Å². The lowest BCUT2D eigenvalue weighted by atomic mass is 9.75. The zero-order valence-electron chi connectivity index (χ0n) is 11.9. The number of hydrogen-bond acceptors (Lipinski definition) is 2. The molecule has 0 atom stereocenters. The number of aliphatic carboxylic acids is 1. The third-order valence-corrected chi connectivity index (χ3v) is 5.53. The van der Waals surface area contributed by atoms with Crippen LogP contribution in [-0.4, -0.2) is 40.1 Å². The summed E-state index contributed by atoms with van der Waals surface area (Å²) in [4.78, 5) is 25.4. The van der Waals surface area contributed by atoms with Gasteiger partial charge in [0, 0.05) is 18.1 Å². The summed E-state index contributed by atoms with van der Waals surface area (Å²) in [5.74, 6) is -0.907. The lowest BCUT2D eigenvalue weighted by Crippen LogP contribution is -2.56. The topological polar surface area (TPSA) is 69.6 Å². The maximum atomic E-state index is 12.4. The molecule has 0 aromatic heterocycles. The van der Waals surface area contributed by atoms with Crippen molar-refractivity contribution in [2.24, 2.45) is 5.92 Å². The number of rotatable bonds is 2. The number of carbonyl (C=O) groups is 2. The second-order valence-electron chi connectivity index (χ2n) is 6.67. The van der Waals surface area contributed by atoms with Crippen molar-refractivity contribution in [2.45, 2.75) is 69.4 Å². The van der Waals surface area contributed by atoms with Gasteiger partial charge in [-0.1, -0.05) is 0 Å². The molecule has 5 nitrogen and oxygen atoms in total. The Bertz CT molecular complexity index is 398. The lowest BCUT2D eigenvalue weighted by Gasteiger charge is -2.46. The molecule has 0 aromatic rings. The monoisotopic (exact) mass is 280 g/mol. The van der Waals surface area contributed by atoms with Gasteiger partial charge in [-0.15, -0.1) is 0 Å². The molecule has 2 N–H and O–H groups in total. The van der Waals surface area contributed by atoms with E-state index in [1.807, 2.05) is 0 Å². The predicted octanol–water partition coefficient (Wildman–Crippen LogP) is 2.36. The molecule has 20 heavy (non-hydrogen) atoms. The van der Waals surface area contributed by atoms with Gasteiger partial charge in [-0.25, -0.2) is 4.79 Å².